The Kier molecular flexibility index (Phi) is 7.29. The van der Waals surface area contributed by atoms with Crippen molar-refractivity contribution < 1.29 is 31.9 Å². The van der Waals surface area contributed by atoms with Gasteiger partial charge in [0, 0.05) is 29.6 Å². The maximum atomic E-state index is 14.6. The largest absolute Gasteiger partial charge is 0.416 e. The molecule has 37 heavy (non-hydrogen) atoms. The molecule has 0 saturated carbocycles. The first kappa shape index (κ1) is 26.6. The molecular weight excluding hydrogens is 516 g/mol. The van der Waals surface area contributed by atoms with E-state index in [4.69, 9.17) is 16.3 Å². The standard InChI is InChI=1S/C25H23ClF4N4O3/c1-24(2,25(28,29)30)37-13-14-7-15(9-18(27)8-14)20-11-21(32-23(36)16-10-22(35)31-12-16)33-34(20)19-5-3-17(26)4-6-19/h3-9,11,16H,10,12-13H2,1-2H3,(H,31,35)(H,32,33,36)/t16-/m1/s1. The number of nitrogens with one attached hydrogen (secondary N) is 2. The van der Waals surface area contributed by atoms with Gasteiger partial charge in [-0.25, -0.2) is 9.07 Å². The average molecular weight is 539 g/mol. The lowest BCUT2D eigenvalue weighted by Gasteiger charge is -2.28. The normalized spacial score (nSPS) is 16.1. The molecule has 196 valence electrons. The fourth-order valence-electron chi connectivity index (χ4n) is 3.67. The van der Waals surface area contributed by atoms with Crippen LogP contribution in [0.1, 0.15) is 25.8 Å². The fourth-order valence-corrected chi connectivity index (χ4v) is 3.80. The molecule has 4 rings (SSSR count). The molecular formula is C25H23ClF4N4O3. The molecule has 1 fully saturated rings. The molecule has 2 aromatic carbocycles. The number of amides is 2. The van der Waals surface area contributed by atoms with Crippen LogP contribution in [0.25, 0.3) is 16.9 Å². The zero-order valence-electron chi connectivity index (χ0n) is 19.8. The van der Waals surface area contributed by atoms with Gasteiger partial charge in [0.25, 0.3) is 0 Å². The second-order valence-electron chi connectivity index (χ2n) is 9.14. The van der Waals surface area contributed by atoms with Gasteiger partial charge in [-0.05, 0) is 61.9 Å². The Morgan fingerprint density at radius 3 is 2.51 bits per heavy atom. The van der Waals surface area contributed by atoms with E-state index in [1.807, 2.05) is 0 Å². The summed E-state index contributed by atoms with van der Waals surface area (Å²) in [6.45, 7) is 1.51. The summed E-state index contributed by atoms with van der Waals surface area (Å²) in [7, 11) is 0. The quantitative estimate of drug-likeness (QED) is 0.402. The first-order valence-electron chi connectivity index (χ1n) is 11.3. The van der Waals surface area contributed by atoms with Crippen LogP contribution < -0.4 is 10.6 Å². The summed E-state index contributed by atoms with van der Waals surface area (Å²) in [4.78, 5) is 24.1. The van der Waals surface area contributed by atoms with Crippen LogP contribution in [0.15, 0.2) is 48.5 Å². The second-order valence-corrected chi connectivity index (χ2v) is 9.58. The summed E-state index contributed by atoms with van der Waals surface area (Å²) in [5, 5.41) is 10.2. The van der Waals surface area contributed by atoms with Gasteiger partial charge < -0.3 is 15.4 Å². The topological polar surface area (TPSA) is 85.2 Å². The van der Waals surface area contributed by atoms with Crippen LogP contribution >= 0.6 is 11.6 Å². The van der Waals surface area contributed by atoms with Gasteiger partial charge in [-0.2, -0.15) is 13.2 Å². The number of anilines is 1. The molecule has 1 atom stereocenters. The van der Waals surface area contributed by atoms with Gasteiger partial charge in [-0.1, -0.05) is 11.6 Å². The van der Waals surface area contributed by atoms with Gasteiger partial charge >= 0.3 is 6.18 Å². The molecule has 3 aromatic rings. The molecule has 0 bridgehead atoms. The summed E-state index contributed by atoms with van der Waals surface area (Å²) in [6, 6.07) is 11.9. The van der Waals surface area contributed by atoms with Crippen molar-refractivity contribution >= 4 is 29.2 Å². The van der Waals surface area contributed by atoms with Gasteiger partial charge in [0.05, 0.1) is 23.9 Å². The smallest absolute Gasteiger partial charge is 0.361 e. The van der Waals surface area contributed by atoms with Gasteiger partial charge in [0.2, 0.25) is 11.8 Å². The summed E-state index contributed by atoms with van der Waals surface area (Å²) in [5.74, 6) is -1.74. The Bertz CT molecular complexity index is 1320. The zero-order valence-corrected chi connectivity index (χ0v) is 20.6. The molecule has 0 aliphatic carbocycles. The van der Waals surface area contributed by atoms with E-state index in [9.17, 15) is 27.2 Å². The minimum Gasteiger partial charge on any atom is -0.361 e. The third-order valence-corrected chi connectivity index (χ3v) is 6.17. The number of ether oxygens (including phenoxy) is 1. The van der Waals surface area contributed by atoms with E-state index in [0.717, 1.165) is 19.9 Å². The van der Waals surface area contributed by atoms with E-state index in [1.54, 1.807) is 24.3 Å². The molecule has 1 saturated heterocycles. The van der Waals surface area contributed by atoms with Gasteiger partial charge in [0.1, 0.15) is 5.82 Å². The number of benzene rings is 2. The van der Waals surface area contributed by atoms with Crippen molar-refractivity contribution in [3.63, 3.8) is 0 Å². The summed E-state index contributed by atoms with van der Waals surface area (Å²) in [6.07, 6.45) is -4.55. The number of hydrogen-bond acceptors (Lipinski definition) is 4. The Hall–Kier alpha value is -3.44. The van der Waals surface area contributed by atoms with Crippen LogP contribution in [0.5, 0.6) is 0 Å². The lowest BCUT2D eigenvalue weighted by Crippen LogP contribution is -2.41. The molecule has 0 radical (unpaired) electrons. The SMILES string of the molecule is CC(C)(OCc1cc(F)cc(-c2cc(NC(=O)[C@H]3CNC(=O)C3)nn2-c2ccc(Cl)cc2)c1)C(F)(F)F. The first-order chi connectivity index (χ1) is 17.3. The minimum atomic E-state index is -4.61. The lowest BCUT2D eigenvalue weighted by molar-refractivity contribution is -0.267. The molecule has 1 aliphatic rings. The number of nitrogens with zero attached hydrogens (tertiary/aromatic N) is 2. The zero-order chi connectivity index (χ0) is 27.0. The number of carbonyl (C=O) groups is 2. The monoisotopic (exact) mass is 538 g/mol. The van der Waals surface area contributed by atoms with Crippen LogP contribution in [-0.2, 0) is 20.9 Å². The molecule has 2 N–H and O–H groups in total. The lowest BCUT2D eigenvalue weighted by atomic mass is 10.1. The number of rotatable bonds is 7. The molecule has 1 aliphatic heterocycles. The Morgan fingerprint density at radius 2 is 1.89 bits per heavy atom. The summed E-state index contributed by atoms with van der Waals surface area (Å²) >= 11 is 6.00. The van der Waals surface area contributed by atoms with Crippen molar-refractivity contribution in [1.29, 1.82) is 0 Å². The molecule has 1 aromatic heterocycles. The van der Waals surface area contributed by atoms with Crippen LogP contribution in [0.2, 0.25) is 5.02 Å². The Balaban J connectivity index is 1.68. The van der Waals surface area contributed by atoms with Crippen LogP contribution in [-0.4, -0.2) is 39.9 Å². The predicted molar refractivity (Wildman–Crippen MR) is 129 cm³/mol. The maximum absolute atomic E-state index is 14.6. The van der Waals surface area contributed by atoms with E-state index in [-0.39, 0.29) is 30.3 Å². The number of aromatic nitrogens is 2. The van der Waals surface area contributed by atoms with Crippen molar-refractivity contribution in [2.24, 2.45) is 5.92 Å². The molecule has 0 spiro atoms. The Labute approximate surface area is 214 Å². The van der Waals surface area contributed by atoms with Gasteiger partial charge in [0.15, 0.2) is 11.4 Å². The fraction of sp³-hybridized carbons (Fsp3) is 0.320. The number of alkyl halides is 3. The first-order valence-corrected chi connectivity index (χ1v) is 11.6. The summed E-state index contributed by atoms with van der Waals surface area (Å²) in [5.41, 5.74) is -1.06. The van der Waals surface area contributed by atoms with Crippen LogP contribution in [0.4, 0.5) is 23.4 Å². The molecule has 12 heteroatoms. The van der Waals surface area contributed by atoms with Crippen molar-refractivity contribution in [3.8, 4) is 16.9 Å². The molecule has 2 heterocycles. The van der Waals surface area contributed by atoms with Crippen molar-refractivity contribution in [2.45, 2.75) is 38.7 Å². The second kappa shape index (κ2) is 10.1. The van der Waals surface area contributed by atoms with Crippen molar-refractivity contribution in [2.75, 3.05) is 11.9 Å². The third kappa shape index (κ3) is 6.11. The maximum Gasteiger partial charge on any atom is 0.416 e. The molecule has 7 nitrogen and oxygen atoms in total. The van der Waals surface area contributed by atoms with E-state index in [1.165, 1.54) is 22.9 Å². The van der Waals surface area contributed by atoms with E-state index < -0.39 is 36.0 Å². The number of carbonyl (C=O) groups excluding carboxylic acids is 2. The third-order valence-electron chi connectivity index (χ3n) is 5.92. The minimum absolute atomic E-state index is 0.0537. The molecule has 2 amide bonds. The van der Waals surface area contributed by atoms with E-state index in [0.29, 0.717) is 22.0 Å². The highest BCUT2D eigenvalue weighted by Crippen LogP contribution is 2.34. The van der Waals surface area contributed by atoms with Gasteiger partial charge in [-0.15, -0.1) is 5.10 Å². The van der Waals surface area contributed by atoms with Crippen LogP contribution in [0.3, 0.4) is 0 Å². The average Bonchev–Trinajstić information content (AvgIpc) is 3.44. The van der Waals surface area contributed by atoms with Crippen molar-refractivity contribution in [1.82, 2.24) is 15.1 Å². The highest BCUT2D eigenvalue weighted by molar-refractivity contribution is 6.30. The highest BCUT2D eigenvalue weighted by atomic mass is 35.5. The summed E-state index contributed by atoms with van der Waals surface area (Å²) < 4.78 is 60.7. The van der Waals surface area contributed by atoms with Crippen molar-refractivity contribution in [3.05, 3.63) is 64.9 Å². The number of halogens is 5. The molecule has 0 unspecified atom stereocenters. The van der Waals surface area contributed by atoms with E-state index in [2.05, 4.69) is 15.7 Å². The highest BCUT2D eigenvalue weighted by Gasteiger charge is 2.48. The van der Waals surface area contributed by atoms with Gasteiger partial charge in [-0.3, -0.25) is 9.59 Å². The Morgan fingerprint density at radius 1 is 1.19 bits per heavy atom. The number of hydrogen-bond donors (Lipinski definition) is 2. The van der Waals surface area contributed by atoms with E-state index >= 15 is 0 Å². The van der Waals surface area contributed by atoms with Crippen LogP contribution in [0, 0.1) is 11.7 Å². The predicted octanol–water partition coefficient (Wildman–Crippen LogP) is 5.26.